The number of hydrogen-bond acceptors (Lipinski definition) is 7. The fraction of sp³-hybridized carbons (Fsp3) is 0.250. The maximum absolute atomic E-state index is 12.6. The van der Waals surface area contributed by atoms with Crippen molar-refractivity contribution in [3.05, 3.63) is 54.6 Å². The number of sulfonamides is 1. The molecule has 158 valence electrons. The Morgan fingerprint density at radius 3 is 2.40 bits per heavy atom. The zero-order chi connectivity index (χ0) is 21.7. The van der Waals surface area contributed by atoms with Gasteiger partial charge in [0.2, 0.25) is 15.2 Å². The highest BCUT2D eigenvalue weighted by Gasteiger charge is 2.21. The molecule has 3 rings (SSSR count). The maximum atomic E-state index is 12.6. The molecule has 1 aromatic heterocycles. The molecule has 0 radical (unpaired) electrons. The van der Waals surface area contributed by atoms with Crippen LogP contribution in [0.25, 0.3) is 10.6 Å². The fourth-order valence-corrected chi connectivity index (χ4v) is 3.83. The van der Waals surface area contributed by atoms with Crippen molar-refractivity contribution < 1.29 is 17.9 Å². The summed E-state index contributed by atoms with van der Waals surface area (Å²) in [4.78, 5) is 12.6. The Hall–Kier alpha value is -2.98. The molecule has 8 nitrogen and oxygen atoms in total. The molecule has 0 fully saturated rings. The van der Waals surface area contributed by atoms with Crippen molar-refractivity contribution in [3.8, 4) is 16.3 Å². The number of amides is 1. The lowest BCUT2D eigenvalue weighted by atomic mass is 10.2. The van der Waals surface area contributed by atoms with E-state index in [0.717, 1.165) is 11.8 Å². The lowest BCUT2D eigenvalue weighted by molar-refractivity contribution is -0.122. The summed E-state index contributed by atoms with van der Waals surface area (Å²) >= 11 is 1.28. The summed E-state index contributed by atoms with van der Waals surface area (Å²) in [5.41, 5.74) is 1.43. The normalized spacial score (nSPS) is 12.2. The van der Waals surface area contributed by atoms with Gasteiger partial charge in [0.25, 0.3) is 5.91 Å². The number of benzene rings is 2. The highest BCUT2D eigenvalue weighted by Crippen LogP contribution is 2.26. The van der Waals surface area contributed by atoms with Crippen LogP contribution in [-0.4, -0.2) is 43.9 Å². The van der Waals surface area contributed by atoms with Gasteiger partial charge in [-0.15, -0.1) is 10.2 Å². The van der Waals surface area contributed by atoms with Crippen molar-refractivity contribution in [1.29, 1.82) is 0 Å². The highest BCUT2D eigenvalue weighted by molar-refractivity contribution is 7.92. The van der Waals surface area contributed by atoms with E-state index in [4.69, 9.17) is 4.74 Å². The third-order valence-electron chi connectivity index (χ3n) is 4.32. The predicted octanol–water partition coefficient (Wildman–Crippen LogP) is 3.40. The summed E-state index contributed by atoms with van der Waals surface area (Å²) in [5, 5.41) is 12.0. The zero-order valence-electron chi connectivity index (χ0n) is 16.8. The molecule has 1 amide bonds. The number of hydrogen-bond donors (Lipinski definition) is 1. The molecule has 0 saturated heterocycles. The SMILES string of the molecule is CC[C@H](Oc1ccc(N(C)S(C)(=O)=O)cc1)C(=O)Nc1nnc(-c2ccccc2)s1. The Labute approximate surface area is 179 Å². The molecule has 2 aromatic carbocycles. The summed E-state index contributed by atoms with van der Waals surface area (Å²) in [6, 6.07) is 16.1. The maximum Gasteiger partial charge on any atom is 0.267 e. The van der Waals surface area contributed by atoms with Crippen molar-refractivity contribution in [2.45, 2.75) is 19.4 Å². The smallest absolute Gasteiger partial charge is 0.267 e. The summed E-state index contributed by atoms with van der Waals surface area (Å²) in [7, 11) is -1.87. The quantitative estimate of drug-likeness (QED) is 0.569. The predicted molar refractivity (Wildman–Crippen MR) is 118 cm³/mol. The second-order valence-electron chi connectivity index (χ2n) is 6.51. The molecule has 0 aliphatic heterocycles. The highest BCUT2D eigenvalue weighted by atomic mass is 32.2. The minimum atomic E-state index is -3.35. The Kier molecular flexibility index (Phi) is 6.68. The van der Waals surface area contributed by atoms with E-state index in [0.29, 0.717) is 28.0 Å². The zero-order valence-corrected chi connectivity index (χ0v) is 18.4. The third kappa shape index (κ3) is 5.33. The number of carbonyl (C=O) groups is 1. The Morgan fingerprint density at radius 2 is 1.80 bits per heavy atom. The average molecular weight is 447 g/mol. The van der Waals surface area contributed by atoms with Crippen LogP contribution < -0.4 is 14.4 Å². The molecule has 0 aliphatic rings. The summed E-state index contributed by atoms with van der Waals surface area (Å²) in [6.07, 6.45) is 0.847. The molecule has 0 bridgehead atoms. The first-order chi connectivity index (χ1) is 14.3. The first-order valence-corrected chi connectivity index (χ1v) is 11.8. The van der Waals surface area contributed by atoms with Gasteiger partial charge in [-0.25, -0.2) is 8.42 Å². The Morgan fingerprint density at radius 1 is 1.13 bits per heavy atom. The molecule has 3 aromatic rings. The Balaban J connectivity index is 1.65. The number of nitrogens with one attached hydrogen (secondary N) is 1. The van der Waals surface area contributed by atoms with E-state index in [-0.39, 0.29) is 5.91 Å². The molecule has 0 saturated carbocycles. The van der Waals surface area contributed by atoms with Gasteiger partial charge in [-0.05, 0) is 30.7 Å². The summed E-state index contributed by atoms with van der Waals surface area (Å²) in [6.45, 7) is 1.84. The number of rotatable bonds is 8. The number of aromatic nitrogens is 2. The van der Waals surface area contributed by atoms with E-state index in [2.05, 4.69) is 15.5 Å². The van der Waals surface area contributed by atoms with Crippen LogP contribution in [0, 0.1) is 0 Å². The van der Waals surface area contributed by atoms with Crippen molar-refractivity contribution in [2.75, 3.05) is 22.9 Å². The molecule has 0 unspecified atom stereocenters. The van der Waals surface area contributed by atoms with E-state index >= 15 is 0 Å². The van der Waals surface area contributed by atoms with Crippen LogP contribution in [0.1, 0.15) is 13.3 Å². The first kappa shape index (κ1) is 21.7. The molecule has 0 aliphatic carbocycles. The topological polar surface area (TPSA) is 101 Å². The monoisotopic (exact) mass is 446 g/mol. The second kappa shape index (κ2) is 9.23. The van der Waals surface area contributed by atoms with Gasteiger partial charge in [0, 0.05) is 12.6 Å². The summed E-state index contributed by atoms with van der Waals surface area (Å²) < 4.78 is 30.2. The van der Waals surface area contributed by atoms with Gasteiger partial charge >= 0.3 is 0 Å². The largest absolute Gasteiger partial charge is 0.481 e. The van der Waals surface area contributed by atoms with Crippen LogP contribution in [0.3, 0.4) is 0 Å². The average Bonchev–Trinajstić information content (AvgIpc) is 3.20. The van der Waals surface area contributed by atoms with E-state index in [1.54, 1.807) is 24.3 Å². The lowest BCUT2D eigenvalue weighted by Crippen LogP contribution is -2.32. The van der Waals surface area contributed by atoms with Gasteiger partial charge in [0.1, 0.15) is 10.8 Å². The van der Waals surface area contributed by atoms with Crippen LogP contribution in [0.15, 0.2) is 54.6 Å². The number of ether oxygens (including phenoxy) is 1. The standard InChI is InChI=1S/C20H22N4O4S2/c1-4-17(28-16-12-10-15(11-13-16)24(2)30(3,26)27)18(25)21-20-23-22-19(29-20)14-8-6-5-7-9-14/h5-13,17H,4H2,1-3H3,(H,21,23,25)/t17-/m0/s1. The summed E-state index contributed by atoms with van der Waals surface area (Å²) in [5.74, 6) is 0.135. The van der Waals surface area contributed by atoms with Crippen molar-refractivity contribution in [2.24, 2.45) is 0 Å². The van der Waals surface area contributed by atoms with Gasteiger partial charge in [-0.3, -0.25) is 14.4 Å². The van der Waals surface area contributed by atoms with Crippen LogP contribution in [0.2, 0.25) is 0 Å². The number of anilines is 2. The van der Waals surface area contributed by atoms with Crippen molar-refractivity contribution >= 4 is 38.1 Å². The van der Waals surface area contributed by atoms with Crippen molar-refractivity contribution in [3.63, 3.8) is 0 Å². The molecule has 1 atom stereocenters. The van der Waals surface area contributed by atoms with E-state index < -0.39 is 16.1 Å². The van der Waals surface area contributed by atoms with Crippen LogP contribution in [0.4, 0.5) is 10.8 Å². The van der Waals surface area contributed by atoms with Gasteiger partial charge < -0.3 is 4.74 Å². The molecule has 0 spiro atoms. The Bertz CT molecular complexity index is 1100. The van der Waals surface area contributed by atoms with E-state index in [1.165, 1.54) is 22.7 Å². The van der Waals surface area contributed by atoms with Crippen molar-refractivity contribution in [1.82, 2.24) is 10.2 Å². The molecule has 1 heterocycles. The minimum Gasteiger partial charge on any atom is -0.481 e. The third-order valence-corrected chi connectivity index (χ3v) is 6.41. The van der Waals surface area contributed by atoms with Gasteiger partial charge in [0.15, 0.2) is 6.10 Å². The minimum absolute atomic E-state index is 0.328. The van der Waals surface area contributed by atoms with Gasteiger partial charge in [-0.2, -0.15) is 0 Å². The fourth-order valence-electron chi connectivity index (χ4n) is 2.57. The second-order valence-corrected chi connectivity index (χ2v) is 9.50. The van der Waals surface area contributed by atoms with Gasteiger partial charge in [0.05, 0.1) is 11.9 Å². The van der Waals surface area contributed by atoms with Crippen LogP contribution >= 0.6 is 11.3 Å². The van der Waals surface area contributed by atoms with Crippen LogP contribution in [-0.2, 0) is 14.8 Å². The molecule has 30 heavy (non-hydrogen) atoms. The first-order valence-electron chi connectivity index (χ1n) is 9.18. The van der Waals surface area contributed by atoms with E-state index in [9.17, 15) is 13.2 Å². The molecule has 10 heteroatoms. The molecular weight excluding hydrogens is 424 g/mol. The van der Waals surface area contributed by atoms with E-state index in [1.807, 2.05) is 37.3 Å². The molecular formula is C20H22N4O4S2. The number of carbonyl (C=O) groups excluding carboxylic acids is 1. The van der Waals surface area contributed by atoms with Crippen LogP contribution in [0.5, 0.6) is 5.75 Å². The lowest BCUT2D eigenvalue weighted by Gasteiger charge is -2.19. The molecule has 1 N–H and O–H groups in total. The number of nitrogens with zero attached hydrogens (tertiary/aromatic N) is 3. The van der Waals surface area contributed by atoms with Gasteiger partial charge in [-0.1, -0.05) is 48.6 Å².